The number of benzene rings is 1. The van der Waals surface area contributed by atoms with E-state index in [0.29, 0.717) is 17.7 Å². The molecule has 0 aliphatic heterocycles. The van der Waals surface area contributed by atoms with E-state index < -0.39 is 30.2 Å². The molecule has 2 atom stereocenters. The molecule has 180 valence electrons. The summed E-state index contributed by atoms with van der Waals surface area (Å²) in [6, 6.07) is 4.59. The van der Waals surface area contributed by atoms with E-state index in [4.69, 9.17) is 28.7 Å². The monoisotopic (exact) mass is 477 g/mol. The molecule has 2 heterocycles. The number of nitrogens with two attached hydrogens (primary N) is 3. The van der Waals surface area contributed by atoms with E-state index in [0.717, 1.165) is 0 Å². The fourth-order valence-electron chi connectivity index (χ4n) is 3.81. The van der Waals surface area contributed by atoms with Crippen molar-refractivity contribution in [2.24, 2.45) is 5.73 Å². The van der Waals surface area contributed by atoms with Gasteiger partial charge >= 0.3 is 11.9 Å². The van der Waals surface area contributed by atoms with Crippen LogP contribution in [0.4, 0.5) is 11.8 Å². The topological polar surface area (TPSA) is 221 Å². The maximum absolute atomic E-state index is 12.0. The van der Waals surface area contributed by atoms with Crippen LogP contribution in [0.2, 0.25) is 0 Å². The lowest BCUT2D eigenvalue weighted by Crippen LogP contribution is -2.21. The highest BCUT2D eigenvalue weighted by molar-refractivity contribution is 5.96. The highest BCUT2D eigenvalue weighted by Crippen LogP contribution is 2.31. The van der Waals surface area contributed by atoms with Crippen LogP contribution in [0.25, 0.3) is 11.2 Å². The van der Waals surface area contributed by atoms with Gasteiger partial charge in [0, 0.05) is 24.3 Å². The number of carbonyl (C=O) groups is 3. The first kappa shape index (κ1) is 24.8. The number of nitrogen functional groups attached to an aromatic ring is 2. The summed E-state index contributed by atoms with van der Waals surface area (Å²) >= 11 is 0. The Hall–Kier alpha value is -4.79. The molecule has 12 nitrogen and oxygen atoms in total. The standard InChI is InChI=1S/C23H23N7O5/c1-2-3-11(8-13-10-27-21-18(28-13)19(24)29-23(26)30-21)12-4-5-14(20(25)33)16(9-12)15(22(34)35)6-7-17(31)32/h1,4-5,9-11,15H,3,6-8H2,(H2,25,33)(H,31,32)(H,34,35)(H4,24,26,27,29,30)/t11-,15?/m1/s1. The molecule has 1 unspecified atom stereocenters. The first-order valence-electron chi connectivity index (χ1n) is 10.5. The molecule has 3 aromatic rings. The summed E-state index contributed by atoms with van der Waals surface area (Å²) < 4.78 is 0. The minimum absolute atomic E-state index is 0.000922. The Kier molecular flexibility index (Phi) is 7.40. The van der Waals surface area contributed by atoms with Crippen LogP contribution >= 0.6 is 0 Å². The van der Waals surface area contributed by atoms with Gasteiger partial charge in [0.15, 0.2) is 17.0 Å². The van der Waals surface area contributed by atoms with Gasteiger partial charge in [-0.3, -0.25) is 14.4 Å². The molecule has 0 saturated carbocycles. The Balaban J connectivity index is 2.03. The maximum Gasteiger partial charge on any atom is 0.311 e. The number of carboxylic acids is 2. The predicted molar refractivity (Wildman–Crippen MR) is 126 cm³/mol. The van der Waals surface area contributed by atoms with Crippen LogP contribution in [0, 0.1) is 12.3 Å². The third-order valence-electron chi connectivity index (χ3n) is 5.45. The molecule has 2 aromatic heterocycles. The maximum atomic E-state index is 12.0. The van der Waals surface area contributed by atoms with Crippen molar-refractivity contribution in [3.63, 3.8) is 0 Å². The molecular weight excluding hydrogens is 454 g/mol. The van der Waals surface area contributed by atoms with E-state index >= 15 is 0 Å². The number of aromatic nitrogens is 4. The fourth-order valence-corrected chi connectivity index (χ4v) is 3.81. The van der Waals surface area contributed by atoms with Crippen LogP contribution in [0.15, 0.2) is 24.4 Å². The SMILES string of the molecule is C#CC[C@H](Cc1cnc2nc(N)nc(N)c2n1)c1ccc(C(N)=O)c(C(CCC(=O)O)C(=O)O)c1. The van der Waals surface area contributed by atoms with Crippen molar-refractivity contribution in [2.45, 2.75) is 37.5 Å². The van der Waals surface area contributed by atoms with Crippen LogP contribution in [0.1, 0.15) is 58.3 Å². The third-order valence-corrected chi connectivity index (χ3v) is 5.45. The Morgan fingerprint density at radius 1 is 1.11 bits per heavy atom. The first-order valence-corrected chi connectivity index (χ1v) is 10.5. The van der Waals surface area contributed by atoms with Crippen LogP contribution in [0.5, 0.6) is 0 Å². The zero-order chi connectivity index (χ0) is 25.7. The predicted octanol–water partition coefficient (Wildman–Crippen LogP) is 1.07. The molecule has 0 spiro atoms. The number of carboxylic acid groups (broad SMARTS) is 2. The summed E-state index contributed by atoms with van der Waals surface area (Å²) in [4.78, 5) is 51.6. The lowest BCUT2D eigenvalue weighted by Gasteiger charge is -2.20. The zero-order valence-corrected chi connectivity index (χ0v) is 18.5. The van der Waals surface area contributed by atoms with Crippen molar-refractivity contribution in [1.82, 2.24) is 19.9 Å². The van der Waals surface area contributed by atoms with Crippen molar-refractivity contribution in [3.8, 4) is 12.3 Å². The second kappa shape index (κ2) is 10.4. The van der Waals surface area contributed by atoms with Gasteiger partial charge < -0.3 is 27.4 Å². The molecular formula is C23H23N7O5. The van der Waals surface area contributed by atoms with Crippen LogP contribution in [-0.2, 0) is 16.0 Å². The van der Waals surface area contributed by atoms with Gasteiger partial charge in [-0.25, -0.2) is 9.97 Å². The van der Waals surface area contributed by atoms with E-state index in [1.807, 2.05) is 0 Å². The lowest BCUT2D eigenvalue weighted by molar-refractivity contribution is -0.140. The molecule has 1 aromatic carbocycles. The van der Waals surface area contributed by atoms with Gasteiger partial charge in [-0.2, -0.15) is 9.97 Å². The minimum Gasteiger partial charge on any atom is -0.481 e. The fraction of sp³-hybridized carbons (Fsp3) is 0.261. The van der Waals surface area contributed by atoms with Crippen molar-refractivity contribution in [3.05, 3.63) is 46.8 Å². The number of rotatable bonds is 10. The van der Waals surface area contributed by atoms with E-state index in [1.54, 1.807) is 6.07 Å². The smallest absolute Gasteiger partial charge is 0.311 e. The number of amides is 1. The highest BCUT2D eigenvalue weighted by atomic mass is 16.4. The number of fused-ring (bicyclic) bond motifs is 1. The number of hydrogen-bond donors (Lipinski definition) is 5. The van der Waals surface area contributed by atoms with Crippen molar-refractivity contribution in [2.75, 3.05) is 11.5 Å². The van der Waals surface area contributed by atoms with Gasteiger partial charge in [0.1, 0.15) is 0 Å². The Labute approximate surface area is 199 Å². The second-order valence-electron chi connectivity index (χ2n) is 7.84. The van der Waals surface area contributed by atoms with Gasteiger partial charge in [-0.1, -0.05) is 12.1 Å². The molecule has 1 amide bonds. The number of terminal acetylenes is 1. The van der Waals surface area contributed by atoms with Crippen LogP contribution in [0.3, 0.4) is 0 Å². The molecule has 0 radical (unpaired) electrons. The summed E-state index contributed by atoms with van der Waals surface area (Å²) in [5, 5.41) is 18.7. The van der Waals surface area contributed by atoms with E-state index in [9.17, 15) is 19.5 Å². The lowest BCUT2D eigenvalue weighted by atomic mass is 9.84. The first-order chi connectivity index (χ1) is 16.6. The third kappa shape index (κ3) is 5.77. The highest BCUT2D eigenvalue weighted by Gasteiger charge is 2.27. The van der Waals surface area contributed by atoms with E-state index in [2.05, 4.69) is 25.9 Å². The molecule has 0 aliphatic rings. The zero-order valence-electron chi connectivity index (χ0n) is 18.5. The summed E-state index contributed by atoms with van der Waals surface area (Å²) in [5.74, 6) is -2.19. The summed E-state index contributed by atoms with van der Waals surface area (Å²) in [5.41, 5.74) is 18.8. The molecule has 0 fully saturated rings. The van der Waals surface area contributed by atoms with Gasteiger partial charge in [-0.05, 0) is 30.0 Å². The Morgan fingerprint density at radius 3 is 2.49 bits per heavy atom. The van der Waals surface area contributed by atoms with E-state index in [1.165, 1.54) is 18.3 Å². The minimum atomic E-state index is -1.27. The van der Waals surface area contributed by atoms with Crippen molar-refractivity contribution < 1.29 is 24.6 Å². The molecule has 3 rings (SSSR count). The van der Waals surface area contributed by atoms with Crippen molar-refractivity contribution in [1.29, 1.82) is 0 Å². The number of hydrogen-bond acceptors (Lipinski definition) is 9. The number of nitrogens with zero attached hydrogens (tertiary/aromatic N) is 4. The van der Waals surface area contributed by atoms with Gasteiger partial charge in [0.2, 0.25) is 11.9 Å². The van der Waals surface area contributed by atoms with Gasteiger partial charge in [0.25, 0.3) is 0 Å². The molecule has 35 heavy (non-hydrogen) atoms. The van der Waals surface area contributed by atoms with Gasteiger partial charge in [0.05, 0.1) is 17.8 Å². The average Bonchev–Trinajstić information content (AvgIpc) is 2.78. The molecule has 0 bridgehead atoms. The van der Waals surface area contributed by atoms with Gasteiger partial charge in [-0.15, -0.1) is 12.3 Å². The van der Waals surface area contributed by atoms with Crippen LogP contribution < -0.4 is 17.2 Å². The number of carbonyl (C=O) groups excluding carboxylic acids is 1. The Morgan fingerprint density at radius 2 is 1.86 bits per heavy atom. The summed E-state index contributed by atoms with van der Waals surface area (Å²) in [6.07, 6.45) is 7.04. The Bertz CT molecular complexity index is 1350. The van der Waals surface area contributed by atoms with E-state index in [-0.39, 0.29) is 52.8 Å². The number of anilines is 2. The average molecular weight is 477 g/mol. The molecule has 0 aliphatic carbocycles. The van der Waals surface area contributed by atoms with Crippen LogP contribution in [-0.4, -0.2) is 48.0 Å². The summed E-state index contributed by atoms with van der Waals surface area (Å²) in [6.45, 7) is 0. The molecule has 12 heteroatoms. The second-order valence-corrected chi connectivity index (χ2v) is 7.84. The summed E-state index contributed by atoms with van der Waals surface area (Å²) in [7, 11) is 0. The number of aliphatic carboxylic acids is 2. The molecule has 0 saturated heterocycles. The molecule has 8 N–H and O–H groups in total. The number of primary amides is 1. The van der Waals surface area contributed by atoms with Crippen molar-refractivity contribution >= 4 is 40.8 Å². The quantitative estimate of drug-likeness (QED) is 0.260. The largest absolute Gasteiger partial charge is 0.481 e. The normalized spacial score (nSPS) is 12.5.